The van der Waals surface area contributed by atoms with Gasteiger partial charge in [0.15, 0.2) is 0 Å². The van der Waals surface area contributed by atoms with E-state index < -0.39 is 5.97 Å². The van der Waals surface area contributed by atoms with E-state index in [2.05, 4.69) is 10.6 Å². The fourth-order valence-electron chi connectivity index (χ4n) is 2.47. The minimum atomic E-state index is -0.779. The van der Waals surface area contributed by atoms with Gasteiger partial charge in [-0.1, -0.05) is 6.92 Å². The van der Waals surface area contributed by atoms with Gasteiger partial charge in [0, 0.05) is 19.0 Å². The Bertz CT molecular complexity index is 326. The molecule has 2 aliphatic rings. The molecule has 2 amide bonds. The molecule has 1 unspecified atom stereocenters. The van der Waals surface area contributed by atoms with E-state index in [0.717, 1.165) is 0 Å². The Morgan fingerprint density at radius 2 is 1.79 bits per heavy atom. The molecule has 0 aromatic rings. The van der Waals surface area contributed by atoms with Gasteiger partial charge in [-0.25, -0.2) is 4.79 Å². The number of carboxylic acids is 1. The molecule has 2 saturated carbocycles. The summed E-state index contributed by atoms with van der Waals surface area (Å²) in [6, 6.07) is 0.278. The van der Waals surface area contributed by atoms with E-state index in [1.54, 1.807) is 0 Å². The number of rotatable bonds is 8. The highest BCUT2D eigenvalue weighted by atomic mass is 16.4. The van der Waals surface area contributed by atoms with Crippen LogP contribution in [-0.4, -0.2) is 29.7 Å². The summed E-state index contributed by atoms with van der Waals surface area (Å²) in [5.74, 6) is 0.811. The van der Waals surface area contributed by atoms with Gasteiger partial charge < -0.3 is 15.7 Å². The lowest BCUT2D eigenvalue weighted by Gasteiger charge is -2.19. The summed E-state index contributed by atoms with van der Waals surface area (Å²) in [4.78, 5) is 22.3. The number of aliphatic carboxylic acids is 1. The molecule has 19 heavy (non-hydrogen) atoms. The van der Waals surface area contributed by atoms with Crippen molar-refractivity contribution in [1.82, 2.24) is 10.6 Å². The largest absolute Gasteiger partial charge is 0.481 e. The second-order valence-corrected chi connectivity index (χ2v) is 6.09. The van der Waals surface area contributed by atoms with Crippen molar-refractivity contribution >= 4 is 12.0 Å². The summed E-state index contributed by atoms with van der Waals surface area (Å²) in [6.07, 6.45) is 5.75. The van der Waals surface area contributed by atoms with Gasteiger partial charge in [0.05, 0.1) is 0 Å². The first-order chi connectivity index (χ1) is 9.06. The predicted molar refractivity (Wildman–Crippen MR) is 71.8 cm³/mol. The molecule has 0 heterocycles. The Kier molecular flexibility index (Phi) is 4.66. The van der Waals surface area contributed by atoms with Gasteiger partial charge in [0.2, 0.25) is 0 Å². The normalized spacial score (nSPS) is 20.1. The molecule has 0 aromatic heterocycles. The summed E-state index contributed by atoms with van der Waals surface area (Å²) in [5, 5.41) is 14.5. The van der Waals surface area contributed by atoms with Crippen molar-refractivity contribution in [2.24, 2.45) is 17.8 Å². The zero-order valence-corrected chi connectivity index (χ0v) is 11.5. The van der Waals surface area contributed by atoms with Gasteiger partial charge in [-0.15, -0.1) is 0 Å². The zero-order valence-electron chi connectivity index (χ0n) is 11.5. The van der Waals surface area contributed by atoms with Crippen molar-refractivity contribution in [3.63, 3.8) is 0 Å². The van der Waals surface area contributed by atoms with E-state index >= 15 is 0 Å². The van der Waals surface area contributed by atoms with Crippen LogP contribution < -0.4 is 10.6 Å². The molecule has 5 nitrogen and oxygen atoms in total. The number of urea groups is 1. The number of hydrogen-bond donors (Lipinski definition) is 3. The Labute approximate surface area is 114 Å². The average molecular weight is 268 g/mol. The lowest BCUT2D eigenvalue weighted by molar-refractivity contribution is -0.137. The Morgan fingerprint density at radius 3 is 2.26 bits per heavy atom. The summed E-state index contributed by atoms with van der Waals surface area (Å²) in [7, 11) is 0. The molecule has 5 heteroatoms. The fraction of sp³-hybridized carbons (Fsp3) is 0.857. The molecule has 0 aliphatic heterocycles. The lowest BCUT2D eigenvalue weighted by Crippen LogP contribution is -2.45. The quantitative estimate of drug-likeness (QED) is 0.630. The molecule has 0 saturated heterocycles. The first-order valence-electron chi connectivity index (χ1n) is 7.32. The van der Waals surface area contributed by atoms with Crippen LogP contribution in [0.4, 0.5) is 4.79 Å². The molecular weight excluding hydrogens is 244 g/mol. The predicted octanol–water partition coefficient (Wildman–Crippen LogP) is 1.98. The van der Waals surface area contributed by atoms with Crippen molar-refractivity contribution in [3.05, 3.63) is 0 Å². The standard InChI is InChI=1S/C14H24N2O3/c1-9(2-7-12(17)18)8-15-14(19)16-13(10-3-4-10)11-5-6-11/h9-11,13H,2-8H2,1H3,(H,17,18)(H2,15,16,19). The molecule has 2 rings (SSSR count). The van der Waals surface area contributed by atoms with E-state index in [4.69, 9.17) is 5.11 Å². The maximum Gasteiger partial charge on any atom is 0.315 e. The second-order valence-electron chi connectivity index (χ2n) is 6.09. The van der Waals surface area contributed by atoms with Crippen molar-refractivity contribution in [2.45, 2.75) is 51.5 Å². The summed E-state index contributed by atoms with van der Waals surface area (Å²) >= 11 is 0. The van der Waals surface area contributed by atoms with E-state index in [1.165, 1.54) is 25.7 Å². The minimum absolute atomic E-state index is 0.0917. The number of carbonyl (C=O) groups excluding carboxylic acids is 1. The highest BCUT2D eigenvalue weighted by molar-refractivity contribution is 5.74. The molecule has 3 N–H and O–H groups in total. The van der Waals surface area contributed by atoms with Crippen LogP contribution in [0.5, 0.6) is 0 Å². The molecule has 0 spiro atoms. The monoisotopic (exact) mass is 268 g/mol. The van der Waals surface area contributed by atoms with E-state index in [9.17, 15) is 9.59 Å². The fourth-order valence-corrected chi connectivity index (χ4v) is 2.47. The van der Waals surface area contributed by atoms with Crippen LogP contribution in [0.1, 0.15) is 45.4 Å². The van der Waals surface area contributed by atoms with Crippen molar-refractivity contribution in [1.29, 1.82) is 0 Å². The van der Waals surface area contributed by atoms with E-state index in [1.807, 2.05) is 6.92 Å². The molecular formula is C14H24N2O3. The summed E-state index contributed by atoms with van der Waals surface area (Å²) in [5.41, 5.74) is 0. The Morgan fingerprint density at radius 1 is 1.21 bits per heavy atom. The first-order valence-corrected chi connectivity index (χ1v) is 7.32. The molecule has 2 fully saturated rings. The second kappa shape index (κ2) is 6.26. The summed E-state index contributed by atoms with van der Waals surface area (Å²) in [6.45, 7) is 2.50. The number of amides is 2. The number of carboxylic acid groups (broad SMARTS) is 1. The average Bonchev–Trinajstić information content (AvgIpc) is 3.23. The third kappa shape index (κ3) is 5.09. The molecule has 0 aromatic carbocycles. The van der Waals surface area contributed by atoms with Gasteiger partial charge >= 0.3 is 12.0 Å². The van der Waals surface area contributed by atoms with Crippen LogP contribution in [0, 0.1) is 17.8 Å². The van der Waals surface area contributed by atoms with Gasteiger partial charge in [-0.2, -0.15) is 0 Å². The van der Waals surface area contributed by atoms with Gasteiger partial charge in [0.1, 0.15) is 0 Å². The molecule has 1 atom stereocenters. The zero-order chi connectivity index (χ0) is 13.8. The van der Waals surface area contributed by atoms with Crippen LogP contribution in [0.15, 0.2) is 0 Å². The molecule has 0 bridgehead atoms. The Hall–Kier alpha value is -1.26. The number of carbonyl (C=O) groups is 2. The molecule has 2 aliphatic carbocycles. The minimum Gasteiger partial charge on any atom is -0.481 e. The molecule has 0 radical (unpaired) electrons. The van der Waals surface area contributed by atoms with Crippen LogP contribution >= 0.6 is 0 Å². The lowest BCUT2D eigenvalue weighted by atomic mass is 10.1. The van der Waals surface area contributed by atoms with E-state index in [0.29, 0.717) is 30.8 Å². The third-order valence-electron chi connectivity index (χ3n) is 4.02. The Balaban J connectivity index is 1.61. The van der Waals surface area contributed by atoms with Crippen LogP contribution in [0.3, 0.4) is 0 Å². The van der Waals surface area contributed by atoms with Gasteiger partial charge in [-0.3, -0.25) is 4.79 Å². The number of nitrogens with one attached hydrogen (secondary N) is 2. The summed E-state index contributed by atoms with van der Waals surface area (Å²) < 4.78 is 0. The van der Waals surface area contributed by atoms with E-state index in [-0.39, 0.29) is 18.4 Å². The van der Waals surface area contributed by atoms with Crippen molar-refractivity contribution < 1.29 is 14.7 Å². The highest BCUT2D eigenvalue weighted by Gasteiger charge is 2.42. The van der Waals surface area contributed by atoms with Crippen LogP contribution in [0.2, 0.25) is 0 Å². The molecule has 108 valence electrons. The van der Waals surface area contributed by atoms with Gasteiger partial charge in [-0.05, 0) is 49.9 Å². The van der Waals surface area contributed by atoms with Crippen LogP contribution in [-0.2, 0) is 4.79 Å². The van der Waals surface area contributed by atoms with Crippen molar-refractivity contribution in [3.8, 4) is 0 Å². The van der Waals surface area contributed by atoms with Gasteiger partial charge in [0.25, 0.3) is 0 Å². The number of hydrogen-bond acceptors (Lipinski definition) is 2. The van der Waals surface area contributed by atoms with Crippen molar-refractivity contribution in [2.75, 3.05) is 6.54 Å². The third-order valence-corrected chi connectivity index (χ3v) is 4.02. The highest BCUT2D eigenvalue weighted by Crippen LogP contribution is 2.44. The topological polar surface area (TPSA) is 78.4 Å². The maximum absolute atomic E-state index is 11.8. The SMILES string of the molecule is CC(CCC(=O)O)CNC(=O)NC(C1CC1)C1CC1. The maximum atomic E-state index is 11.8. The first kappa shape index (κ1) is 14.2. The smallest absolute Gasteiger partial charge is 0.315 e. The van der Waals surface area contributed by atoms with Crippen LogP contribution in [0.25, 0.3) is 0 Å².